The normalized spacial score (nSPS) is 2.60. The van der Waals surface area contributed by atoms with Gasteiger partial charge in [0.25, 0.3) is 0 Å². The molecule has 0 atom stereocenters. The van der Waals surface area contributed by atoms with E-state index in [0.29, 0.717) is 0 Å². The molecule has 1 nitrogen and oxygen atoms in total. The van der Waals surface area contributed by atoms with Gasteiger partial charge in [0.1, 0.15) is 6.11 Å². The van der Waals surface area contributed by atoms with Crippen LogP contribution in [0.2, 0.25) is 0 Å². The van der Waals surface area contributed by atoms with E-state index in [1.807, 2.05) is 0 Å². The summed E-state index contributed by atoms with van der Waals surface area (Å²) < 4.78 is 0. The van der Waals surface area contributed by atoms with E-state index in [2.05, 4.69) is 5.92 Å². The van der Waals surface area contributed by atoms with Gasteiger partial charge in [0.2, 0.25) is 0 Å². The monoisotopic (exact) mass is 79.0 g/mol. The third kappa shape index (κ3) is 13.1. The minimum atomic E-state index is 0. The smallest absolute Gasteiger partial charge is 0.107 e. The minimum Gasteiger partial charge on any atom is -0.462 e. The molecule has 0 unspecified atom stereocenters. The van der Waals surface area contributed by atoms with Crippen molar-refractivity contribution in [1.29, 1.82) is 0 Å². The molecular formula is C3H4NaO. The SMILES string of the molecule is CC#CO.[Na]. The topological polar surface area (TPSA) is 20.2 Å². The van der Waals surface area contributed by atoms with Gasteiger partial charge in [-0.2, -0.15) is 0 Å². The Morgan fingerprint density at radius 2 is 1.80 bits per heavy atom. The number of aliphatic hydroxyl groups is 1. The van der Waals surface area contributed by atoms with Gasteiger partial charge in [-0.05, 0) is 0 Å². The van der Waals surface area contributed by atoms with Crippen molar-refractivity contribution < 1.29 is 5.11 Å². The Hall–Kier alpha value is 0.360. The third-order valence-corrected chi connectivity index (χ3v) is 0.112. The summed E-state index contributed by atoms with van der Waals surface area (Å²) in [5.41, 5.74) is 0. The fourth-order valence-electron chi connectivity index (χ4n) is 0. The summed E-state index contributed by atoms with van der Waals surface area (Å²) in [6, 6.07) is 0. The first kappa shape index (κ1) is 9.03. The average molecular weight is 79.1 g/mol. The van der Waals surface area contributed by atoms with Crippen LogP contribution in [0.5, 0.6) is 0 Å². The van der Waals surface area contributed by atoms with Crippen LogP contribution >= 0.6 is 0 Å². The van der Waals surface area contributed by atoms with Crippen LogP contribution in [0.25, 0.3) is 0 Å². The van der Waals surface area contributed by atoms with Gasteiger partial charge in [0, 0.05) is 36.5 Å². The first-order chi connectivity index (χ1) is 1.91. The van der Waals surface area contributed by atoms with Crippen LogP contribution in [0, 0.1) is 12.0 Å². The first-order valence-corrected chi connectivity index (χ1v) is 0.974. The van der Waals surface area contributed by atoms with Crippen molar-refractivity contribution in [2.45, 2.75) is 6.92 Å². The van der Waals surface area contributed by atoms with E-state index in [1.165, 1.54) is 0 Å². The van der Waals surface area contributed by atoms with Crippen LogP contribution < -0.4 is 0 Å². The Morgan fingerprint density at radius 1 is 1.60 bits per heavy atom. The molecule has 0 fully saturated rings. The maximum absolute atomic E-state index is 7.51. The van der Waals surface area contributed by atoms with E-state index in [4.69, 9.17) is 5.11 Å². The van der Waals surface area contributed by atoms with Crippen LogP contribution in [-0.4, -0.2) is 34.7 Å². The molecule has 5 heavy (non-hydrogen) atoms. The molecule has 0 aliphatic heterocycles. The molecule has 0 saturated carbocycles. The Bertz CT molecular complexity index is 43.6. The van der Waals surface area contributed by atoms with E-state index < -0.39 is 0 Å². The molecule has 0 heterocycles. The van der Waals surface area contributed by atoms with Gasteiger partial charge < -0.3 is 5.11 Å². The summed E-state index contributed by atoms with van der Waals surface area (Å²) in [4.78, 5) is 0. The zero-order valence-electron chi connectivity index (χ0n) is 3.45. The van der Waals surface area contributed by atoms with E-state index >= 15 is 0 Å². The van der Waals surface area contributed by atoms with Gasteiger partial charge in [-0.3, -0.25) is 0 Å². The van der Waals surface area contributed by atoms with Crippen LogP contribution in [0.4, 0.5) is 0 Å². The molecule has 0 saturated heterocycles. The Labute approximate surface area is 53.7 Å². The van der Waals surface area contributed by atoms with Crippen LogP contribution in [-0.2, 0) is 0 Å². The zero-order valence-corrected chi connectivity index (χ0v) is 5.45. The van der Waals surface area contributed by atoms with E-state index in [-0.39, 0.29) is 29.6 Å². The molecule has 0 aliphatic rings. The maximum atomic E-state index is 7.51. The summed E-state index contributed by atoms with van der Waals surface area (Å²) in [7, 11) is 0. The summed E-state index contributed by atoms with van der Waals surface area (Å²) in [6.07, 6.45) is 1.68. The molecule has 0 spiro atoms. The summed E-state index contributed by atoms with van der Waals surface area (Å²) >= 11 is 0. The molecule has 23 valence electrons. The molecule has 0 amide bonds. The standard InChI is InChI=1S/C3H4O.Na/c1-2-3-4;/h4H,1H3;. The Kier molecular flexibility index (Phi) is 16.0. The second-order valence-corrected chi connectivity index (χ2v) is 0.362. The molecule has 0 aromatic carbocycles. The van der Waals surface area contributed by atoms with Crippen molar-refractivity contribution >= 4 is 29.6 Å². The molecule has 0 bridgehead atoms. The number of hydrogen-bond donors (Lipinski definition) is 1. The second kappa shape index (κ2) is 8.84. The predicted octanol–water partition coefficient (Wildman–Crippen LogP) is -0.0411. The largest absolute Gasteiger partial charge is 0.462 e. The van der Waals surface area contributed by atoms with Gasteiger partial charge >= 0.3 is 0 Å². The molecule has 2 heteroatoms. The van der Waals surface area contributed by atoms with Gasteiger partial charge in [-0.15, -0.1) is 0 Å². The van der Waals surface area contributed by atoms with Crippen molar-refractivity contribution in [1.82, 2.24) is 0 Å². The van der Waals surface area contributed by atoms with Crippen molar-refractivity contribution in [2.75, 3.05) is 0 Å². The Morgan fingerprint density at radius 3 is 1.80 bits per heavy atom. The molecule has 1 N–H and O–H groups in total. The summed E-state index contributed by atoms with van der Waals surface area (Å²) in [5, 5.41) is 7.51. The molecule has 0 aromatic rings. The number of aliphatic hydroxyl groups excluding tert-OH is 1. The molecule has 0 aliphatic carbocycles. The van der Waals surface area contributed by atoms with E-state index in [9.17, 15) is 0 Å². The van der Waals surface area contributed by atoms with Crippen LogP contribution in [0.1, 0.15) is 6.92 Å². The predicted molar refractivity (Wildman–Crippen MR) is 21.1 cm³/mol. The second-order valence-electron chi connectivity index (χ2n) is 0.362. The van der Waals surface area contributed by atoms with Crippen molar-refractivity contribution in [3.8, 4) is 12.0 Å². The van der Waals surface area contributed by atoms with E-state index in [0.717, 1.165) is 0 Å². The van der Waals surface area contributed by atoms with Gasteiger partial charge in [0.05, 0.1) is 0 Å². The fraction of sp³-hybridized carbons (Fsp3) is 0.333. The zero-order chi connectivity index (χ0) is 3.41. The molecule has 0 rings (SSSR count). The quantitative estimate of drug-likeness (QED) is 0.319. The maximum Gasteiger partial charge on any atom is 0.107 e. The minimum absolute atomic E-state index is 0. The fourth-order valence-corrected chi connectivity index (χ4v) is 0. The van der Waals surface area contributed by atoms with Gasteiger partial charge in [-0.1, -0.05) is 5.92 Å². The van der Waals surface area contributed by atoms with Gasteiger partial charge in [0.15, 0.2) is 0 Å². The van der Waals surface area contributed by atoms with Crippen LogP contribution in [0.15, 0.2) is 0 Å². The molecule has 1 radical (unpaired) electrons. The van der Waals surface area contributed by atoms with Crippen LogP contribution in [0.3, 0.4) is 0 Å². The van der Waals surface area contributed by atoms with Gasteiger partial charge in [-0.25, -0.2) is 0 Å². The molecule has 0 aromatic heterocycles. The van der Waals surface area contributed by atoms with Crippen molar-refractivity contribution in [3.05, 3.63) is 0 Å². The van der Waals surface area contributed by atoms with E-state index in [1.54, 1.807) is 13.0 Å². The average Bonchev–Trinajstić information content (AvgIpc) is 1.37. The van der Waals surface area contributed by atoms with Crippen molar-refractivity contribution in [2.24, 2.45) is 0 Å². The summed E-state index contributed by atoms with van der Waals surface area (Å²) in [5.74, 6) is 2.24. The first-order valence-electron chi connectivity index (χ1n) is 0.974. The number of rotatable bonds is 0. The summed E-state index contributed by atoms with van der Waals surface area (Å²) in [6.45, 7) is 1.57. The molecular weight excluding hydrogens is 75.0 g/mol. The number of hydrogen-bond acceptors (Lipinski definition) is 1. The third-order valence-electron chi connectivity index (χ3n) is 0.112. The van der Waals surface area contributed by atoms with Crippen molar-refractivity contribution in [3.63, 3.8) is 0 Å². The Balaban J connectivity index is 0.